The van der Waals surface area contributed by atoms with Crippen molar-refractivity contribution in [2.24, 2.45) is 0 Å². The zero-order valence-electron chi connectivity index (χ0n) is 11.3. The third kappa shape index (κ3) is 3.74. The summed E-state index contributed by atoms with van der Waals surface area (Å²) >= 11 is 0. The van der Waals surface area contributed by atoms with Crippen molar-refractivity contribution >= 4 is 17.7 Å². The molecular formula is C14H17N3O3. The van der Waals surface area contributed by atoms with Gasteiger partial charge in [0.15, 0.2) is 5.69 Å². The summed E-state index contributed by atoms with van der Waals surface area (Å²) in [7, 11) is 0. The Morgan fingerprint density at radius 1 is 1.40 bits per heavy atom. The van der Waals surface area contributed by atoms with Gasteiger partial charge in [0, 0.05) is 12.2 Å². The highest BCUT2D eigenvalue weighted by Crippen LogP contribution is 2.10. The van der Waals surface area contributed by atoms with Crippen molar-refractivity contribution in [2.45, 2.75) is 13.3 Å². The van der Waals surface area contributed by atoms with Crippen molar-refractivity contribution in [1.29, 1.82) is 0 Å². The number of carbonyl (C=O) groups is 1. The number of benzene rings is 1. The smallest absolute Gasteiger partial charge is 0.360 e. The van der Waals surface area contributed by atoms with Gasteiger partial charge >= 0.3 is 5.97 Å². The maximum Gasteiger partial charge on any atom is 0.360 e. The predicted octanol–water partition coefficient (Wildman–Crippen LogP) is 2.09. The molecule has 0 radical (unpaired) electrons. The van der Waals surface area contributed by atoms with Crippen molar-refractivity contribution in [2.75, 3.05) is 24.2 Å². The van der Waals surface area contributed by atoms with Crippen molar-refractivity contribution in [1.82, 2.24) is 4.98 Å². The van der Waals surface area contributed by atoms with E-state index in [1.165, 1.54) is 6.26 Å². The minimum absolute atomic E-state index is 0.168. The van der Waals surface area contributed by atoms with Crippen LogP contribution in [0, 0.1) is 0 Å². The molecular weight excluding hydrogens is 258 g/mol. The first kappa shape index (κ1) is 13.9. The molecule has 1 aromatic heterocycles. The lowest BCUT2D eigenvalue weighted by atomic mass is 10.1. The number of hydrogen-bond acceptors (Lipinski definition) is 6. The normalized spacial score (nSPS) is 10.2. The van der Waals surface area contributed by atoms with Crippen molar-refractivity contribution in [3.05, 3.63) is 41.8 Å². The van der Waals surface area contributed by atoms with Gasteiger partial charge in [0.1, 0.15) is 6.26 Å². The van der Waals surface area contributed by atoms with E-state index in [1.54, 1.807) is 6.92 Å². The molecule has 0 amide bonds. The highest BCUT2D eigenvalue weighted by Gasteiger charge is 2.12. The maximum atomic E-state index is 11.4. The second kappa shape index (κ2) is 6.60. The molecule has 0 atom stereocenters. The van der Waals surface area contributed by atoms with Crippen LogP contribution < -0.4 is 11.1 Å². The summed E-state index contributed by atoms with van der Waals surface area (Å²) in [6.07, 6.45) is 2.08. The minimum atomic E-state index is -0.483. The summed E-state index contributed by atoms with van der Waals surface area (Å²) in [5.41, 5.74) is 7.69. The fourth-order valence-corrected chi connectivity index (χ4v) is 1.65. The first-order valence-corrected chi connectivity index (χ1v) is 6.40. The van der Waals surface area contributed by atoms with E-state index < -0.39 is 5.97 Å². The first-order chi connectivity index (χ1) is 9.69. The zero-order valence-corrected chi connectivity index (χ0v) is 11.3. The van der Waals surface area contributed by atoms with Crippen LogP contribution in [-0.4, -0.2) is 24.1 Å². The van der Waals surface area contributed by atoms with E-state index in [4.69, 9.17) is 14.9 Å². The highest BCUT2D eigenvalue weighted by molar-refractivity contribution is 5.87. The molecule has 2 aromatic rings. The molecule has 20 heavy (non-hydrogen) atoms. The van der Waals surface area contributed by atoms with Crippen LogP contribution in [0.15, 0.2) is 34.9 Å². The van der Waals surface area contributed by atoms with Crippen LogP contribution in [0.4, 0.5) is 11.7 Å². The monoisotopic (exact) mass is 275 g/mol. The Morgan fingerprint density at radius 2 is 2.15 bits per heavy atom. The minimum Gasteiger partial charge on any atom is -0.461 e. The van der Waals surface area contributed by atoms with E-state index in [0.717, 1.165) is 17.7 Å². The number of hydrogen-bond donors (Lipinski definition) is 2. The zero-order chi connectivity index (χ0) is 14.4. The lowest BCUT2D eigenvalue weighted by Gasteiger charge is -2.02. The number of nitrogens with two attached hydrogens (primary N) is 1. The second-order valence-corrected chi connectivity index (χ2v) is 4.18. The number of nitrogen functional groups attached to an aromatic ring is 1. The van der Waals surface area contributed by atoms with Crippen LogP contribution in [0.5, 0.6) is 0 Å². The molecule has 1 heterocycles. The van der Waals surface area contributed by atoms with Crippen LogP contribution in [0.2, 0.25) is 0 Å². The number of aromatic nitrogens is 1. The molecule has 0 spiro atoms. The standard InChI is InChI=1S/C14H17N3O3/c1-2-19-13(18)12-9-20-14(17-12)16-8-7-10-3-5-11(15)6-4-10/h3-6,9H,2,7-8,15H2,1H3,(H,16,17). The van der Waals surface area contributed by atoms with Gasteiger partial charge in [-0.2, -0.15) is 4.98 Å². The van der Waals surface area contributed by atoms with Crippen LogP contribution in [0.25, 0.3) is 0 Å². The van der Waals surface area contributed by atoms with E-state index in [0.29, 0.717) is 19.2 Å². The number of nitrogens with one attached hydrogen (secondary N) is 1. The van der Waals surface area contributed by atoms with Gasteiger partial charge < -0.3 is 20.2 Å². The molecule has 6 heteroatoms. The first-order valence-electron chi connectivity index (χ1n) is 6.40. The van der Waals surface area contributed by atoms with Gasteiger partial charge in [-0.25, -0.2) is 4.79 Å². The number of ether oxygens (including phenoxy) is 1. The summed E-state index contributed by atoms with van der Waals surface area (Å²) < 4.78 is 9.97. The fourth-order valence-electron chi connectivity index (χ4n) is 1.65. The summed E-state index contributed by atoms with van der Waals surface area (Å²) in [5, 5.41) is 3.01. The molecule has 0 saturated heterocycles. The lowest BCUT2D eigenvalue weighted by molar-refractivity contribution is 0.0519. The number of carbonyl (C=O) groups excluding carboxylic acids is 1. The molecule has 0 saturated carbocycles. The number of oxazole rings is 1. The van der Waals surface area contributed by atoms with Gasteiger partial charge in [0.2, 0.25) is 0 Å². The van der Waals surface area contributed by atoms with Crippen LogP contribution >= 0.6 is 0 Å². The van der Waals surface area contributed by atoms with Gasteiger partial charge in [-0.05, 0) is 31.0 Å². The fraction of sp³-hybridized carbons (Fsp3) is 0.286. The van der Waals surface area contributed by atoms with Gasteiger partial charge in [0.05, 0.1) is 6.61 Å². The third-order valence-corrected chi connectivity index (χ3v) is 2.66. The summed E-state index contributed by atoms with van der Waals surface area (Å²) in [6, 6.07) is 7.97. The van der Waals surface area contributed by atoms with Gasteiger partial charge in [-0.3, -0.25) is 0 Å². The SMILES string of the molecule is CCOC(=O)c1coc(NCCc2ccc(N)cc2)n1. The largest absolute Gasteiger partial charge is 0.461 e. The maximum absolute atomic E-state index is 11.4. The summed E-state index contributed by atoms with van der Waals surface area (Å²) in [4.78, 5) is 15.4. The number of nitrogens with zero attached hydrogens (tertiary/aromatic N) is 1. The molecule has 0 aliphatic carbocycles. The summed E-state index contributed by atoms with van der Waals surface area (Å²) in [5.74, 6) is -0.483. The molecule has 0 aliphatic heterocycles. The predicted molar refractivity (Wildman–Crippen MR) is 75.5 cm³/mol. The van der Waals surface area contributed by atoms with Gasteiger partial charge in [-0.1, -0.05) is 12.1 Å². The molecule has 0 fully saturated rings. The van der Waals surface area contributed by atoms with Crippen molar-refractivity contribution < 1.29 is 13.9 Å². The third-order valence-electron chi connectivity index (χ3n) is 2.66. The Kier molecular flexibility index (Phi) is 4.60. The molecule has 106 valence electrons. The van der Waals surface area contributed by atoms with Crippen LogP contribution in [-0.2, 0) is 11.2 Å². The summed E-state index contributed by atoms with van der Waals surface area (Å²) in [6.45, 7) is 2.70. The molecule has 2 rings (SSSR count). The quantitative estimate of drug-likeness (QED) is 0.619. The topological polar surface area (TPSA) is 90.4 Å². The Hall–Kier alpha value is -2.50. The van der Waals surface area contributed by atoms with E-state index in [9.17, 15) is 4.79 Å². The van der Waals surface area contributed by atoms with E-state index >= 15 is 0 Å². The molecule has 3 N–H and O–H groups in total. The average Bonchev–Trinajstić information content (AvgIpc) is 2.90. The molecule has 0 aliphatic rings. The second-order valence-electron chi connectivity index (χ2n) is 4.18. The lowest BCUT2D eigenvalue weighted by Crippen LogP contribution is -2.07. The van der Waals surface area contributed by atoms with Gasteiger partial charge in [0.25, 0.3) is 6.01 Å². The average molecular weight is 275 g/mol. The van der Waals surface area contributed by atoms with E-state index in [-0.39, 0.29) is 5.69 Å². The van der Waals surface area contributed by atoms with Gasteiger partial charge in [-0.15, -0.1) is 0 Å². The Labute approximate surface area is 116 Å². The number of rotatable bonds is 6. The molecule has 6 nitrogen and oxygen atoms in total. The van der Waals surface area contributed by atoms with Crippen LogP contribution in [0.3, 0.4) is 0 Å². The number of anilines is 2. The van der Waals surface area contributed by atoms with E-state index in [1.807, 2.05) is 24.3 Å². The Bertz CT molecular complexity index is 563. The molecule has 0 bridgehead atoms. The molecule has 0 unspecified atom stereocenters. The van der Waals surface area contributed by atoms with Crippen LogP contribution in [0.1, 0.15) is 23.0 Å². The van der Waals surface area contributed by atoms with E-state index in [2.05, 4.69) is 10.3 Å². The Balaban J connectivity index is 1.82. The number of esters is 1. The highest BCUT2D eigenvalue weighted by atomic mass is 16.5. The Morgan fingerprint density at radius 3 is 2.85 bits per heavy atom. The van der Waals surface area contributed by atoms with Crippen molar-refractivity contribution in [3.8, 4) is 0 Å². The van der Waals surface area contributed by atoms with Crippen molar-refractivity contribution in [3.63, 3.8) is 0 Å². The molecule has 1 aromatic carbocycles.